The van der Waals surface area contributed by atoms with Crippen molar-refractivity contribution in [2.24, 2.45) is 5.92 Å². The van der Waals surface area contributed by atoms with Gasteiger partial charge in [0.15, 0.2) is 0 Å². The Balaban J connectivity index is 2.18. The predicted octanol–water partition coefficient (Wildman–Crippen LogP) is 3.64. The number of rotatable bonds is 3. The fraction of sp³-hybridized carbons (Fsp3) is 0.650. The van der Waals surface area contributed by atoms with Crippen molar-refractivity contribution in [1.82, 2.24) is 4.98 Å². The lowest BCUT2D eigenvalue weighted by Crippen LogP contribution is -2.39. The molecule has 1 aliphatic heterocycles. The second kappa shape index (κ2) is 7.25. The molecule has 0 saturated carbocycles. The van der Waals surface area contributed by atoms with Gasteiger partial charge in [-0.05, 0) is 39.7 Å². The molecule has 0 unspecified atom stereocenters. The Kier molecular flexibility index (Phi) is 5.64. The average Bonchev–Trinajstić information content (AvgIpc) is 2.52. The molecule has 26 heavy (non-hydrogen) atoms. The van der Waals surface area contributed by atoms with E-state index in [1.165, 1.54) is 6.20 Å². The summed E-state index contributed by atoms with van der Waals surface area (Å²) >= 11 is 0. The number of hydrogen-bond acceptors (Lipinski definition) is 5. The molecular weight excluding hydrogens is 332 g/mol. The third kappa shape index (κ3) is 4.96. The molecule has 144 valence electrons. The molecule has 0 atom stereocenters. The zero-order chi connectivity index (χ0) is 19.7. The molecule has 1 N–H and O–H groups in total. The van der Waals surface area contributed by atoms with Crippen molar-refractivity contribution in [1.29, 1.82) is 0 Å². The smallest absolute Gasteiger partial charge is 0.339 e. The molecule has 1 aliphatic rings. The molecule has 1 saturated heterocycles. The third-order valence-electron chi connectivity index (χ3n) is 4.46. The maximum absolute atomic E-state index is 12.3. The third-order valence-corrected chi connectivity index (χ3v) is 4.46. The number of esters is 1. The van der Waals surface area contributed by atoms with Crippen LogP contribution in [0.15, 0.2) is 12.3 Å². The largest absolute Gasteiger partial charge is 0.478 e. The Morgan fingerprint density at radius 3 is 2.19 bits per heavy atom. The lowest BCUT2D eigenvalue weighted by molar-refractivity contribution is -0.160. The molecule has 1 aromatic rings. The van der Waals surface area contributed by atoms with Crippen molar-refractivity contribution in [3.63, 3.8) is 0 Å². The van der Waals surface area contributed by atoms with Gasteiger partial charge in [-0.15, -0.1) is 0 Å². The number of aromatic carboxylic acids is 1. The summed E-state index contributed by atoms with van der Waals surface area (Å²) in [5, 5.41) is 9.52. The van der Waals surface area contributed by atoms with Crippen molar-refractivity contribution < 1.29 is 19.4 Å². The van der Waals surface area contributed by atoms with E-state index in [9.17, 15) is 14.7 Å². The summed E-state index contributed by atoms with van der Waals surface area (Å²) in [6, 6.07) is 1.87. The second-order valence-electron chi connectivity index (χ2n) is 8.94. The predicted molar refractivity (Wildman–Crippen MR) is 101 cm³/mol. The van der Waals surface area contributed by atoms with Gasteiger partial charge in [0.1, 0.15) is 11.2 Å². The number of pyridine rings is 1. The Morgan fingerprint density at radius 2 is 1.73 bits per heavy atom. The number of nitrogens with zero attached hydrogens (tertiary/aromatic N) is 2. The van der Waals surface area contributed by atoms with Gasteiger partial charge in [0.05, 0.1) is 11.6 Å². The normalized spacial score (nSPS) is 16.5. The van der Waals surface area contributed by atoms with Crippen LogP contribution in [0, 0.1) is 5.92 Å². The zero-order valence-corrected chi connectivity index (χ0v) is 16.6. The molecule has 0 aromatic carbocycles. The van der Waals surface area contributed by atoms with Crippen LogP contribution in [0.3, 0.4) is 0 Å². The number of carboxylic acid groups (broad SMARTS) is 1. The van der Waals surface area contributed by atoms with Crippen LogP contribution in [0.2, 0.25) is 0 Å². The van der Waals surface area contributed by atoms with Crippen molar-refractivity contribution in [2.45, 2.75) is 65.4 Å². The highest BCUT2D eigenvalue weighted by atomic mass is 16.6. The van der Waals surface area contributed by atoms with E-state index in [-0.39, 0.29) is 22.9 Å². The molecule has 6 nitrogen and oxygen atoms in total. The molecular formula is C20H30N2O4. The average molecular weight is 362 g/mol. The van der Waals surface area contributed by atoms with E-state index in [1.54, 1.807) is 0 Å². The minimum absolute atomic E-state index is 0.136. The number of anilines is 1. The highest BCUT2D eigenvalue weighted by molar-refractivity contribution is 5.94. The first kappa shape index (κ1) is 20.2. The summed E-state index contributed by atoms with van der Waals surface area (Å²) in [4.78, 5) is 30.3. The molecule has 0 amide bonds. The molecule has 0 radical (unpaired) electrons. The Labute approximate surface area is 155 Å². The molecule has 0 aliphatic carbocycles. The van der Waals surface area contributed by atoms with Gasteiger partial charge in [0.25, 0.3) is 0 Å². The molecule has 0 bridgehead atoms. The topological polar surface area (TPSA) is 79.7 Å². The van der Waals surface area contributed by atoms with Crippen LogP contribution >= 0.6 is 0 Å². The number of piperidine rings is 1. The van der Waals surface area contributed by atoms with E-state index in [0.717, 1.165) is 5.69 Å². The SMILES string of the molecule is CC(C)(C)OC(=O)C1CCN(c2cc(C(C)(C)C)ncc2C(=O)O)CC1. The maximum Gasteiger partial charge on any atom is 0.339 e. The number of ether oxygens (including phenoxy) is 1. The maximum atomic E-state index is 12.3. The monoisotopic (exact) mass is 362 g/mol. The van der Waals surface area contributed by atoms with Crippen molar-refractivity contribution in [2.75, 3.05) is 18.0 Å². The number of hydrogen-bond donors (Lipinski definition) is 1. The summed E-state index contributed by atoms with van der Waals surface area (Å²) in [5.74, 6) is -1.29. The van der Waals surface area contributed by atoms with Crippen LogP contribution in [0.1, 0.15) is 70.4 Å². The van der Waals surface area contributed by atoms with Gasteiger partial charge in [-0.2, -0.15) is 0 Å². The van der Waals surface area contributed by atoms with E-state index in [1.807, 2.05) is 52.5 Å². The van der Waals surface area contributed by atoms with Gasteiger partial charge in [-0.1, -0.05) is 20.8 Å². The number of carbonyl (C=O) groups is 2. The summed E-state index contributed by atoms with van der Waals surface area (Å²) in [6.07, 6.45) is 2.75. The summed E-state index contributed by atoms with van der Waals surface area (Å²) < 4.78 is 5.48. The number of aromatic nitrogens is 1. The Hall–Kier alpha value is -2.11. The standard InChI is InChI=1S/C20H30N2O4/c1-19(2,3)16-11-15(14(12-21-16)17(23)24)22-9-7-13(8-10-22)18(25)26-20(4,5)6/h11-13H,7-10H2,1-6H3,(H,23,24). The van der Waals surface area contributed by atoms with E-state index >= 15 is 0 Å². The van der Waals surface area contributed by atoms with E-state index in [4.69, 9.17) is 4.74 Å². The number of carboxylic acids is 1. The van der Waals surface area contributed by atoms with Gasteiger partial charge in [0.2, 0.25) is 0 Å². The molecule has 1 aromatic heterocycles. The minimum Gasteiger partial charge on any atom is -0.478 e. The van der Waals surface area contributed by atoms with E-state index in [2.05, 4.69) is 4.98 Å². The van der Waals surface area contributed by atoms with Gasteiger partial charge >= 0.3 is 11.9 Å². The first-order chi connectivity index (χ1) is 11.9. The minimum atomic E-state index is -0.984. The molecule has 6 heteroatoms. The van der Waals surface area contributed by atoms with Crippen LogP contribution in [0.5, 0.6) is 0 Å². The molecule has 0 spiro atoms. The second-order valence-corrected chi connectivity index (χ2v) is 8.94. The molecule has 2 heterocycles. The zero-order valence-electron chi connectivity index (χ0n) is 16.6. The summed E-state index contributed by atoms with van der Waals surface area (Å²) in [6.45, 7) is 13.0. The van der Waals surface area contributed by atoms with Crippen molar-refractivity contribution in [3.05, 3.63) is 23.5 Å². The van der Waals surface area contributed by atoms with Crippen LogP contribution in [-0.4, -0.2) is 40.7 Å². The highest BCUT2D eigenvalue weighted by Gasteiger charge is 2.31. The van der Waals surface area contributed by atoms with Crippen LogP contribution in [0.25, 0.3) is 0 Å². The van der Waals surface area contributed by atoms with Gasteiger partial charge in [-0.3, -0.25) is 9.78 Å². The fourth-order valence-corrected chi connectivity index (χ4v) is 3.02. The first-order valence-electron chi connectivity index (χ1n) is 9.10. The fourth-order valence-electron chi connectivity index (χ4n) is 3.02. The Bertz CT molecular complexity index is 678. The Morgan fingerprint density at radius 1 is 1.15 bits per heavy atom. The first-order valence-corrected chi connectivity index (χ1v) is 9.10. The van der Waals surface area contributed by atoms with Crippen LogP contribution in [0.4, 0.5) is 5.69 Å². The van der Waals surface area contributed by atoms with E-state index < -0.39 is 11.6 Å². The quantitative estimate of drug-likeness (QED) is 0.827. The van der Waals surface area contributed by atoms with Gasteiger partial charge in [0, 0.05) is 30.4 Å². The van der Waals surface area contributed by atoms with E-state index in [0.29, 0.717) is 31.6 Å². The summed E-state index contributed by atoms with van der Waals surface area (Å²) in [7, 11) is 0. The lowest BCUT2D eigenvalue weighted by atomic mass is 9.90. The molecule has 2 rings (SSSR count). The van der Waals surface area contributed by atoms with Crippen molar-refractivity contribution in [3.8, 4) is 0 Å². The van der Waals surface area contributed by atoms with Gasteiger partial charge < -0.3 is 14.7 Å². The van der Waals surface area contributed by atoms with Gasteiger partial charge in [-0.25, -0.2) is 4.79 Å². The molecule has 1 fully saturated rings. The number of carbonyl (C=O) groups excluding carboxylic acids is 1. The highest BCUT2D eigenvalue weighted by Crippen LogP contribution is 2.31. The van der Waals surface area contributed by atoms with Crippen LogP contribution < -0.4 is 4.90 Å². The van der Waals surface area contributed by atoms with Crippen molar-refractivity contribution >= 4 is 17.6 Å². The summed E-state index contributed by atoms with van der Waals surface area (Å²) in [5.41, 5.74) is 1.08. The van der Waals surface area contributed by atoms with Crippen LogP contribution in [-0.2, 0) is 14.9 Å². The lowest BCUT2D eigenvalue weighted by Gasteiger charge is -2.35.